The number of aromatic hydroxyl groups is 2. The Hall–Kier alpha value is -0.707. The van der Waals surface area contributed by atoms with Gasteiger partial charge in [-0.3, -0.25) is 0 Å². The van der Waals surface area contributed by atoms with Gasteiger partial charge in [0.1, 0.15) is 0 Å². The first-order valence-electron chi connectivity index (χ1n) is 7.03. The molecule has 2 aromatic rings. The Kier molecular flexibility index (Phi) is 13.7. The first-order valence-corrected chi connectivity index (χ1v) is 7.03. The Morgan fingerprint density at radius 3 is 1.52 bits per heavy atom. The van der Waals surface area contributed by atoms with Gasteiger partial charge in [-0.25, -0.2) is 10.2 Å². The van der Waals surface area contributed by atoms with Crippen LogP contribution in [0.15, 0.2) is 18.3 Å². The largest absolute Gasteiger partial charge is 4.00 e. The zero-order chi connectivity index (χ0) is 17.0. The molecular weight excluding hydrogens is 440 g/mol. The van der Waals surface area contributed by atoms with Crippen molar-refractivity contribution in [1.29, 1.82) is 0 Å². The first-order chi connectivity index (χ1) is 10.0. The molecular formula is C17H23Cl2N3O2Zr. The molecule has 25 heavy (non-hydrogen) atoms. The molecule has 0 aliphatic rings. The zero-order valence-corrected chi connectivity index (χ0v) is 19.2. The monoisotopic (exact) mass is 461 g/mol. The third-order valence-electron chi connectivity index (χ3n) is 3.02. The molecule has 0 bridgehead atoms. The summed E-state index contributed by atoms with van der Waals surface area (Å²) >= 11 is 0. The van der Waals surface area contributed by atoms with E-state index < -0.39 is 0 Å². The molecule has 0 spiro atoms. The summed E-state index contributed by atoms with van der Waals surface area (Å²) < 4.78 is 0. The minimum Gasteiger partial charge on any atom is -1.00 e. The van der Waals surface area contributed by atoms with Crippen molar-refractivity contribution >= 4 is 0 Å². The fourth-order valence-corrected chi connectivity index (χ4v) is 1.85. The van der Waals surface area contributed by atoms with Crippen LogP contribution in [0.5, 0.6) is 11.5 Å². The van der Waals surface area contributed by atoms with Crippen molar-refractivity contribution in [2.75, 3.05) is 0 Å². The molecule has 0 saturated carbocycles. The molecule has 1 aromatic heterocycles. The predicted molar refractivity (Wildman–Crippen MR) is 84.7 cm³/mol. The van der Waals surface area contributed by atoms with Crippen LogP contribution in [-0.2, 0) is 37.0 Å². The van der Waals surface area contributed by atoms with Crippen LogP contribution >= 0.6 is 0 Å². The molecule has 0 radical (unpaired) electrons. The first kappa shape index (κ1) is 29.1. The number of hydrogen-bond donors (Lipinski definition) is 2. The third kappa shape index (κ3) is 9.53. The molecule has 5 nitrogen and oxygen atoms in total. The maximum absolute atomic E-state index is 9.80. The van der Waals surface area contributed by atoms with Crippen LogP contribution in [0.3, 0.4) is 0 Å². The van der Waals surface area contributed by atoms with Crippen molar-refractivity contribution < 1.29 is 61.2 Å². The number of rotatable bonds is 0. The molecule has 136 valence electrons. The van der Waals surface area contributed by atoms with Crippen molar-refractivity contribution in [1.82, 2.24) is 15.4 Å². The number of halogens is 2. The molecule has 0 aliphatic heterocycles. The van der Waals surface area contributed by atoms with Crippen LogP contribution in [0.25, 0.3) is 0 Å². The van der Waals surface area contributed by atoms with Crippen LogP contribution in [-0.4, -0.2) is 25.6 Å². The van der Waals surface area contributed by atoms with Gasteiger partial charge in [0.25, 0.3) is 0 Å². The summed E-state index contributed by atoms with van der Waals surface area (Å²) in [6, 6.07) is 6.10. The number of phenols is 2. The maximum atomic E-state index is 9.80. The summed E-state index contributed by atoms with van der Waals surface area (Å²) in [4.78, 5) is 0. The van der Waals surface area contributed by atoms with E-state index in [9.17, 15) is 10.2 Å². The van der Waals surface area contributed by atoms with Crippen molar-refractivity contribution in [3.8, 4) is 11.5 Å². The molecule has 1 aromatic carbocycles. The van der Waals surface area contributed by atoms with Gasteiger partial charge in [-0.1, -0.05) is 69.8 Å². The minimum absolute atomic E-state index is 0. The molecule has 8 heteroatoms. The third-order valence-corrected chi connectivity index (χ3v) is 3.02. The number of phenolic OH excluding ortho intramolecular Hbond substituents is 2. The number of hydrogen-bond acceptors (Lipinski definition) is 5. The SMILES string of the molecule is CC(C)(C)c1cc(C(C)(C)C)c(O)[c-]c1O.[Cl-].[Cl-].[Zr+4].[c-]1ccnnn1. The van der Waals surface area contributed by atoms with E-state index in [1.807, 2.05) is 47.6 Å². The van der Waals surface area contributed by atoms with Gasteiger partial charge in [0, 0.05) is 11.5 Å². The van der Waals surface area contributed by atoms with Crippen molar-refractivity contribution in [3.05, 3.63) is 41.7 Å². The Morgan fingerprint density at radius 1 is 0.880 bits per heavy atom. The summed E-state index contributed by atoms with van der Waals surface area (Å²) in [5, 5.41) is 29.5. The van der Waals surface area contributed by atoms with E-state index in [0.29, 0.717) is 0 Å². The fourth-order valence-electron chi connectivity index (χ4n) is 1.85. The average Bonchev–Trinajstić information content (AvgIpc) is 2.38. The Labute approximate surface area is 181 Å². The number of nitrogens with zero attached hydrogens (tertiary/aromatic N) is 3. The van der Waals surface area contributed by atoms with Gasteiger partial charge in [-0.05, 0) is 0 Å². The molecule has 0 atom stereocenters. The minimum atomic E-state index is -0.158. The van der Waals surface area contributed by atoms with Gasteiger partial charge in [-0.15, -0.1) is 17.3 Å². The fraction of sp³-hybridized carbons (Fsp3) is 0.471. The van der Waals surface area contributed by atoms with Gasteiger partial charge >= 0.3 is 26.2 Å². The van der Waals surface area contributed by atoms with Gasteiger partial charge in [0.2, 0.25) is 0 Å². The van der Waals surface area contributed by atoms with Gasteiger partial charge < -0.3 is 35.0 Å². The smallest absolute Gasteiger partial charge is 1.00 e. The van der Waals surface area contributed by atoms with Crippen molar-refractivity contribution in [2.45, 2.75) is 52.4 Å². The van der Waals surface area contributed by atoms with E-state index in [2.05, 4.69) is 27.7 Å². The standard InChI is InChI=1S/C14H21O2.C3H2N3.2ClH.Zr/c1-13(2,3)9-7-10(14(4,5)6)12(16)8-11(9)15;1-2-4-6-5-3-1;;;/h7,15-16H,1-6H3;1-2H;2*1H;/q2*-1;;;+4/p-2. The quantitative estimate of drug-likeness (QED) is 0.412. The van der Waals surface area contributed by atoms with Gasteiger partial charge in [0.05, 0.1) is 0 Å². The molecule has 0 saturated heterocycles. The van der Waals surface area contributed by atoms with Crippen molar-refractivity contribution in [2.24, 2.45) is 0 Å². The number of benzene rings is 1. The Bertz CT molecular complexity index is 554. The maximum Gasteiger partial charge on any atom is 4.00 e. The Morgan fingerprint density at radius 2 is 1.32 bits per heavy atom. The van der Waals surface area contributed by atoms with Crippen LogP contribution in [0.1, 0.15) is 52.7 Å². The van der Waals surface area contributed by atoms with Crippen LogP contribution in [0, 0.1) is 12.3 Å². The van der Waals surface area contributed by atoms with Crippen molar-refractivity contribution in [3.63, 3.8) is 0 Å². The van der Waals surface area contributed by atoms with Crippen LogP contribution < -0.4 is 24.8 Å². The summed E-state index contributed by atoms with van der Waals surface area (Å²) in [7, 11) is 0. The van der Waals surface area contributed by atoms with E-state index in [1.54, 1.807) is 6.07 Å². The average molecular weight is 464 g/mol. The molecule has 1 heterocycles. The zero-order valence-electron chi connectivity index (χ0n) is 15.2. The molecule has 0 fully saturated rings. The summed E-state index contributed by atoms with van der Waals surface area (Å²) in [5.74, 6) is 0.0796. The molecule has 2 N–H and O–H groups in total. The normalized spacial score (nSPS) is 10.2. The molecule has 0 aliphatic carbocycles. The molecule has 0 unspecified atom stereocenters. The van der Waals surface area contributed by atoms with E-state index in [-0.39, 0.29) is 73.3 Å². The van der Waals surface area contributed by atoms with E-state index in [1.165, 1.54) is 6.20 Å². The van der Waals surface area contributed by atoms with E-state index in [0.717, 1.165) is 11.1 Å². The van der Waals surface area contributed by atoms with Crippen LogP contribution in [0.2, 0.25) is 0 Å². The van der Waals surface area contributed by atoms with Gasteiger partial charge in [0.15, 0.2) is 0 Å². The summed E-state index contributed by atoms with van der Waals surface area (Å²) in [5.41, 5.74) is 1.31. The van der Waals surface area contributed by atoms with Gasteiger partial charge in [-0.2, -0.15) is 12.1 Å². The summed E-state index contributed by atoms with van der Waals surface area (Å²) in [6.45, 7) is 12.2. The molecule has 2 rings (SSSR count). The van der Waals surface area contributed by atoms with E-state index >= 15 is 0 Å². The Balaban J connectivity index is -0.000000461. The number of aromatic nitrogens is 3. The topological polar surface area (TPSA) is 79.1 Å². The molecule has 0 amide bonds. The second-order valence-corrected chi connectivity index (χ2v) is 7.04. The second-order valence-electron chi connectivity index (χ2n) is 7.04. The van der Waals surface area contributed by atoms with E-state index in [4.69, 9.17) is 0 Å². The summed E-state index contributed by atoms with van der Waals surface area (Å²) in [6.07, 6.45) is 3.99. The second kappa shape index (κ2) is 11.8. The van der Waals surface area contributed by atoms with Crippen LogP contribution in [0.4, 0.5) is 0 Å². The predicted octanol–water partition coefficient (Wildman–Crippen LogP) is -2.83.